The fourth-order valence-electron chi connectivity index (χ4n) is 7.20. The van der Waals surface area contributed by atoms with E-state index in [2.05, 4.69) is 31.7 Å². The highest BCUT2D eigenvalue weighted by Gasteiger charge is 2.60. The van der Waals surface area contributed by atoms with Crippen LogP contribution < -0.4 is 0 Å². The molecule has 3 saturated carbocycles. The Morgan fingerprint density at radius 1 is 1.20 bits per heavy atom. The number of carbonyl (C=O) groups excluding carboxylic acids is 1. The molecule has 0 heterocycles. The summed E-state index contributed by atoms with van der Waals surface area (Å²) in [5, 5.41) is 0. The highest BCUT2D eigenvalue weighted by Crippen LogP contribution is 2.66. The number of allylic oxidation sites excluding steroid dienone is 4. The third-order valence-electron chi connectivity index (χ3n) is 8.42. The Balaban J connectivity index is 1.76. The molecule has 2 heteroatoms. The van der Waals surface area contributed by atoms with E-state index in [9.17, 15) is 4.79 Å². The van der Waals surface area contributed by atoms with Crippen molar-refractivity contribution >= 4 is 5.78 Å². The molecular formula is C23H31NO. The molecule has 0 aromatic carbocycles. The Morgan fingerprint density at radius 3 is 2.68 bits per heavy atom. The predicted octanol–water partition coefficient (Wildman–Crippen LogP) is 5.96. The van der Waals surface area contributed by atoms with Gasteiger partial charge in [0.1, 0.15) is 5.78 Å². The van der Waals surface area contributed by atoms with Gasteiger partial charge in [0.15, 0.2) is 5.70 Å². The molecule has 0 aromatic heterocycles. The van der Waals surface area contributed by atoms with Gasteiger partial charge in [0.05, 0.1) is 6.57 Å². The lowest BCUT2D eigenvalue weighted by Crippen LogP contribution is -2.54. The van der Waals surface area contributed by atoms with E-state index in [-0.39, 0.29) is 16.7 Å². The van der Waals surface area contributed by atoms with Gasteiger partial charge in [0, 0.05) is 12.3 Å². The van der Waals surface area contributed by atoms with E-state index in [4.69, 9.17) is 6.57 Å². The second kappa shape index (κ2) is 5.57. The summed E-state index contributed by atoms with van der Waals surface area (Å²) in [7, 11) is 0. The summed E-state index contributed by atoms with van der Waals surface area (Å²) >= 11 is 0. The first-order valence-corrected chi connectivity index (χ1v) is 10.1. The smallest absolute Gasteiger partial charge is 0.162 e. The lowest BCUT2D eigenvalue weighted by molar-refractivity contribution is -0.141. The van der Waals surface area contributed by atoms with Crippen molar-refractivity contribution in [1.29, 1.82) is 0 Å². The van der Waals surface area contributed by atoms with Crippen LogP contribution in [0.25, 0.3) is 4.85 Å². The predicted molar refractivity (Wildman–Crippen MR) is 101 cm³/mol. The first kappa shape index (κ1) is 17.1. The summed E-state index contributed by atoms with van der Waals surface area (Å²) < 4.78 is 0. The third kappa shape index (κ3) is 2.24. The number of rotatable bonds is 0. The van der Waals surface area contributed by atoms with E-state index < -0.39 is 0 Å². The maximum atomic E-state index is 13.4. The number of Topliss-reactive ketones (excluding diaryl/α,β-unsaturated/α-hetero) is 1. The van der Waals surface area contributed by atoms with Crippen molar-refractivity contribution in [3.05, 3.63) is 34.3 Å². The Bertz CT molecular complexity index is 723. The molecule has 4 aliphatic carbocycles. The number of hydrogen-bond donors (Lipinski definition) is 0. The van der Waals surface area contributed by atoms with E-state index in [0.29, 0.717) is 30.0 Å². The first-order valence-electron chi connectivity index (χ1n) is 10.1. The normalized spacial score (nSPS) is 48.0. The molecular weight excluding hydrogens is 306 g/mol. The van der Waals surface area contributed by atoms with E-state index in [1.54, 1.807) is 5.57 Å². The maximum absolute atomic E-state index is 13.4. The van der Waals surface area contributed by atoms with Crippen molar-refractivity contribution in [3.8, 4) is 0 Å². The van der Waals surface area contributed by atoms with Gasteiger partial charge in [-0.1, -0.05) is 38.0 Å². The van der Waals surface area contributed by atoms with Crippen LogP contribution in [0.3, 0.4) is 0 Å². The Kier molecular flexibility index (Phi) is 3.80. The third-order valence-corrected chi connectivity index (χ3v) is 8.42. The average molecular weight is 338 g/mol. The second-order valence-electron chi connectivity index (χ2n) is 9.69. The largest absolute Gasteiger partial charge is 0.299 e. The van der Waals surface area contributed by atoms with E-state index >= 15 is 0 Å². The lowest BCUT2D eigenvalue weighted by atomic mass is 9.46. The monoisotopic (exact) mass is 337 g/mol. The molecule has 0 radical (unpaired) electrons. The first-order chi connectivity index (χ1) is 11.8. The van der Waals surface area contributed by atoms with Crippen LogP contribution in [0.5, 0.6) is 0 Å². The molecule has 6 atom stereocenters. The molecule has 3 fully saturated rings. The molecule has 4 rings (SSSR count). The fraction of sp³-hybridized carbons (Fsp3) is 0.739. The van der Waals surface area contributed by atoms with Crippen LogP contribution in [0.2, 0.25) is 0 Å². The molecule has 0 spiro atoms. The van der Waals surface area contributed by atoms with Crippen molar-refractivity contribution in [2.45, 2.75) is 72.6 Å². The molecule has 0 N–H and O–H groups in total. The number of fused-ring (bicyclic) bond motifs is 5. The Morgan fingerprint density at radius 2 is 1.96 bits per heavy atom. The van der Waals surface area contributed by atoms with Gasteiger partial charge >= 0.3 is 0 Å². The molecule has 0 aromatic rings. The number of carbonyl (C=O) groups is 1. The molecule has 0 amide bonds. The standard InChI is InChI=1S/C23H31NO/c1-14-10-11-22(3)16(12-14)6-7-17-19-9-8-18(15(2)24-5)23(19,4)13-20(25)21(17)22/h12,14,17,19,21H,6-11,13H2,1-4H3/b18-15-/t14-,17-,19-,21+,22-,23+/m0/s1. The summed E-state index contributed by atoms with van der Waals surface area (Å²) in [6.07, 6.45) is 10.1. The van der Waals surface area contributed by atoms with Crippen molar-refractivity contribution < 1.29 is 4.79 Å². The van der Waals surface area contributed by atoms with Crippen LogP contribution in [0.1, 0.15) is 72.6 Å². The molecule has 134 valence electrons. The van der Waals surface area contributed by atoms with Gasteiger partial charge in [-0.05, 0) is 74.0 Å². The SMILES string of the molecule is [C-]#[N+]/C(C)=C1/CC[C@H]2[C@@H]3CCC4=C[C@@H](C)CC[C@]4(C)[C@H]3C(=O)C[C@]12C. The maximum Gasteiger partial charge on any atom is 0.162 e. The molecule has 0 saturated heterocycles. The van der Waals surface area contributed by atoms with Gasteiger partial charge in [0.25, 0.3) is 0 Å². The highest BCUT2D eigenvalue weighted by atomic mass is 16.1. The van der Waals surface area contributed by atoms with Gasteiger partial charge in [-0.2, -0.15) is 0 Å². The summed E-state index contributed by atoms with van der Waals surface area (Å²) in [6.45, 7) is 16.4. The van der Waals surface area contributed by atoms with Crippen LogP contribution in [-0.2, 0) is 4.79 Å². The van der Waals surface area contributed by atoms with Crippen LogP contribution >= 0.6 is 0 Å². The lowest BCUT2D eigenvalue weighted by Gasteiger charge is -2.57. The zero-order valence-corrected chi connectivity index (χ0v) is 16.2. The molecule has 0 aliphatic heterocycles. The van der Waals surface area contributed by atoms with Gasteiger partial charge in [-0.3, -0.25) is 4.79 Å². The zero-order valence-electron chi connectivity index (χ0n) is 16.2. The Hall–Kier alpha value is -1.36. The highest BCUT2D eigenvalue weighted by molar-refractivity contribution is 5.85. The average Bonchev–Trinajstić information content (AvgIpc) is 2.91. The van der Waals surface area contributed by atoms with Crippen molar-refractivity contribution in [2.75, 3.05) is 0 Å². The van der Waals surface area contributed by atoms with Crippen molar-refractivity contribution in [1.82, 2.24) is 0 Å². The number of ketones is 1. The van der Waals surface area contributed by atoms with Crippen LogP contribution in [0.4, 0.5) is 0 Å². The fourth-order valence-corrected chi connectivity index (χ4v) is 7.20. The minimum absolute atomic E-state index is 0.0492. The Labute approximate surface area is 152 Å². The van der Waals surface area contributed by atoms with E-state index in [0.717, 1.165) is 12.1 Å². The van der Waals surface area contributed by atoms with Crippen LogP contribution in [0, 0.1) is 41.1 Å². The molecule has 4 aliphatic rings. The van der Waals surface area contributed by atoms with Gasteiger partial charge in [-0.25, -0.2) is 4.85 Å². The summed E-state index contributed by atoms with van der Waals surface area (Å²) in [4.78, 5) is 17.2. The van der Waals surface area contributed by atoms with Gasteiger partial charge in [0.2, 0.25) is 0 Å². The number of hydrogen-bond acceptors (Lipinski definition) is 1. The summed E-state index contributed by atoms with van der Waals surface area (Å²) in [5.74, 6) is 2.51. The molecule has 2 nitrogen and oxygen atoms in total. The van der Waals surface area contributed by atoms with E-state index in [1.807, 2.05) is 6.92 Å². The summed E-state index contributed by atoms with van der Waals surface area (Å²) in [6, 6.07) is 0. The number of nitrogens with zero attached hydrogens (tertiary/aromatic N) is 1. The van der Waals surface area contributed by atoms with Gasteiger partial charge in [-0.15, -0.1) is 0 Å². The van der Waals surface area contributed by atoms with Crippen molar-refractivity contribution in [3.63, 3.8) is 0 Å². The van der Waals surface area contributed by atoms with Crippen LogP contribution in [0.15, 0.2) is 22.9 Å². The molecule has 25 heavy (non-hydrogen) atoms. The minimum Gasteiger partial charge on any atom is -0.299 e. The van der Waals surface area contributed by atoms with Crippen molar-refractivity contribution in [2.24, 2.45) is 34.5 Å². The minimum atomic E-state index is -0.0492. The topological polar surface area (TPSA) is 21.4 Å². The van der Waals surface area contributed by atoms with Crippen LogP contribution in [-0.4, -0.2) is 5.78 Å². The molecule has 0 bridgehead atoms. The zero-order chi connectivity index (χ0) is 18.0. The second-order valence-corrected chi connectivity index (χ2v) is 9.69. The quantitative estimate of drug-likeness (QED) is 0.395. The summed E-state index contributed by atoms with van der Waals surface area (Å²) in [5.41, 5.74) is 3.78. The van der Waals surface area contributed by atoms with Gasteiger partial charge < -0.3 is 0 Å². The van der Waals surface area contributed by atoms with E-state index in [1.165, 1.54) is 37.7 Å². The molecule has 0 unspecified atom stereocenters.